The summed E-state index contributed by atoms with van der Waals surface area (Å²) in [7, 11) is 0. The first-order valence-corrected chi connectivity index (χ1v) is 6.79. The Hall–Kier alpha value is -1.09. The molecule has 1 aliphatic rings. The molecule has 1 saturated heterocycles. The topological polar surface area (TPSA) is 23.5 Å². The molecule has 0 radical (unpaired) electrons. The quantitative estimate of drug-likeness (QED) is 0.887. The van der Waals surface area contributed by atoms with Crippen LogP contribution in [0.4, 0.5) is 10.1 Å². The number of hydrogen-bond donors (Lipinski definition) is 1. The molecule has 3 heteroatoms. The van der Waals surface area contributed by atoms with E-state index in [1.807, 2.05) is 6.07 Å². The lowest BCUT2D eigenvalue weighted by Gasteiger charge is -2.29. The molecule has 1 aliphatic heterocycles. The first-order valence-electron chi connectivity index (χ1n) is 6.79. The van der Waals surface area contributed by atoms with Crippen LogP contribution in [0.2, 0.25) is 0 Å². The number of rotatable bonds is 3. The molecule has 18 heavy (non-hydrogen) atoms. The number of nitrogens with zero attached hydrogens (tertiary/aromatic N) is 1. The van der Waals surface area contributed by atoms with Gasteiger partial charge in [-0.3, -0.25) is 0 Å². The summed E-state index contributed by atoms with van der Waals surface area (Å²) in [5.41, 5.74) is 2.36. The monoisotopic (exact) mass is 251 g/mol. The van der Waals surface area contributed by atoms with Gasteiger partial charge in [0.2, 0.25) is 0 Å². The summed E-state index contributed by atoms with van der Waals surface area (Å²) in [6, 6.07) is 3.89. The summed E-state index contributed by atoms with van der Waals surface area (Å²) in [6.07, 6.45) is 2.82. The standard InChI is InChI=1S/C15H22FNO/c1-4-12-6-5-7-17(12)15-8-10(2)14(16)9-13(15)11(3)18/h8-9,11-12,18H,4-7H2,1-3H3/t11-,12?/m0/s1. The van der Waals surface area contributed by atoms with Crippen molar-refractivity contribution < 1.29 is 9.50 Å². The van der Waals surface area contributed by atoms with Gasteiger partial charge in [0.25, 0.3) is 0 Å². The third-order valence-corrected chi connectivity index (χ3v) is 3.92. The van der Waals surface area contributed by atoms with Crippen molar-refractivity contribution in [3.63, 3.8) is 0 Å². The summed E-state index contributed by atoms with van der Waals surface area (Å²) < 4.78 is 13.7. The van der Waals surface area contributed by atoms with E-state index in [9.17, 15) is 9.50 Å². The molecule has 2 rings (SSSR count). The van der Waals surface area contributed by atoms with E-state index in [4.69, 9.17) is 0 Å². The number of hydrogen-bond acceptors (Lipinski definition) is 2. The van der Waals surface area contributed by atoms with Gasteiger partial charge in [0, 0.05) is 23.8 Å². The molecule has 0 bridgehead atoms. The Morgan fingerprint density at radius 3 is 2.83 bits per heavy atom. The van der Waals surface area contributed by atoms with E-state index in [1.54, 1.807) is 13.8 Å². The predicted octanol–water partition coefficient (Wildman–Crippen LogP) is 3.57. The Balaban J connectivity index is 2.45. The van der Waals surface area contributed by atoms with Crippen LogP contribution in [0.3, 0.4) is 0 Å². The van der Waals surface area contributed by atoms with E-state index in [0.29, 0.717) is 17.2 Å². The van der Waals surface area contributed by atoms with Gasteiger partial charge in [-0.15, -0.1) is 0 Å². The molecule has 0 spiro atoms. The highest BCUT2D eigenvalue weighted by Gasteiger charge is 2.26. The number of aliphatic hydroxyl groups excluding tert-OH is 1. The molecule has 2 atom stereocenters. The SMILES string of the molecule is CCC1CCCN1c1cc(C)c(F)cc1[C@H](C)O. The van der Waals surface area contributed by atoms with E-state index < -0.39 is 6.10 Å². The lowest BCUT2D eigenvalue weighted by atomic mass is 10.0. The number of anilines is 1. The van der Waals surface area contributed by atoms with E-state index in [1.165, 1.54) is 18.9 Å². The molecule has 2 nitrogen and oxygen atoms in total. The molecule has 1 heterocycles. The second-order valence-corrected chi connectivity index (χ2v) is 5.23. The van der Waals surface area contributed by atoms with Gasteiger partial charge in [-0.25, -0.2) is 4.39 Å². The van der Waals surface area contributed by atoms with E-state index in [0.717, 1.165) is 18.7 Å². The van der Waals surface area contributed by atoms with E-state index in [-0.39, 0.29) is 5.82 Å². The zero-order valence-electron chi connectivity index (χ0n) is 11.4. The molecule has 1 N–H and O–H groups in total. The maximum absolute atomic E-state index is 13.7. The van der Waals surface area contributed by atoms with Gasteiger partial charge in [0.1, 0.15) is 5.82 Å². The fourth-order valence-electron chi connectivity index (χ4n) is 2.84. The lowest BCUT2D eigenvalue weighted by molar-refractivity contribution is 0.199. The third-order valence-electron chi connectivity index (χ3n) is 3.92. The van der Waals surface area contributed by atoms with Crippen molar-refractivity contribution in [3.05, 3.63) is 29.1 Å². The van der Waals surface area contributed by atoms with Gasteiger partial charge in [0.05, 0.1) is 6.10 Å². The van der Waals surface area contributed by atoms with Crippen molar-refractivity contribution >= 4 is 5.69 Å². The normalized spacial score (nSPS) is 21.4. The zero-order chi connectivity index (χ0) is 13.3. The molecule has 0 amide bonds. The van der Waals surface area contributed by atoms with Crippen LogP contribution < -0.4 is 4.90 Å². The van der Waals surface area contributed by atoms with Crippen LogP contribution in [0.25, 0.3) is 0 Å². The fraction of sp³-hybridized carbons (Fsp3) is 0.600. The summed E-state index contributed by atoms with van der Waals surface area (Å²) in [5, 5.41) is 9.85. The van der Waals surface area contributed by atoms with Crippen LogP contribution in [0, 0.1) is 12.7 Å². The molecule has 0 saturated carbocycles. The molecule has 1 aromatic carbocycles. The van der Waals surface area contributed by atoms with Crippen molar-refractivity contribution in [1.82, 2.24) is 0 Å². The number of aliphatic hydroxyl groups is 1. The van der Waals surface area contributed by atoms with Gasteiger partial charge in [-0.1, -0.05) is 6.92 Å². The highest BCUT2D eigenvalue weighted by Crippen LogP contribution is 2.34. The zero-order valence-corrected chi connectivity index (χ0v) is 11.4. The first-order chi connectivity index (χ1) is 8.54. The van der Waals surface area contributed by atoms with Crippen molar-refractivity contribution in [2.24, 2.45) is 0 Å². The van der Waals surface area contributed by atoms with Gasteiger partial charge < -0.3 is 10.0 Å². The summed E-state index contributed by atoms with van der Waals surface area (Å²) in [4.78, 5) is 2.33. The van der Waals surface area contributed by atoms with Crippen LogP contribution in [0.15, 0.2) is 12.1 Å². The minimum Gasteiger partial charge on any atom is -0.389 e. The Bertz CT molecular complexity index is 431. The van der Waals surface area contributed by atoms with Gasteiger partial charge >= 0.3 is 0 Å². The van der Waals surface area contributed by atoms with Crippen molar-refractivity contribution in [2.45, 2.75) is 52.2 Å². The highest BCUT2D eigenvalue weighted by atomic mass is 19.1. The predicted molar refractivity (Wildman–Crippen MR) is 72.4 cm³/mol. The molecular weight excluding hydrogens is 229 g/mol. The number of benzene rings is 1. The Labute approximate surface area is 108 Å². The maximum atomic E-state index is 13.7. The van der Waals surface area contributed by atoms with Crippen LogP contribution >= 0.6 is 0 Å². The largest absolute Gasteiger partial charge is 0.389 e. The van der Waals surface area contributed by atoms with Gasteiger partial charge in [-0.05, 0) is 50.8 Å². The smallest absolute Gasteiger partial charge is 0.126 e. The van der Waals surface area contributed by atoms with Crippen LogP contribution in [0.5, 0.6) is 0 Å². The average molecular weight is 251 g/mol. The number of aryl methyl sites for hydroxylation is 1. The lowest BCUT2D eigenvalue weighted by Crippen LogP contribution is -2.29. The summed E-state index contributed by atoms with van der Waals surface area (Å²) in [6.45, 7) is 6.66. The van der Waals surface area contributed by atoms with Gasteiger partial charge in [-0.2, -0.15) is 0 Å². The number of halogens is 1. The minimum absolute atomic E-state index is 0.234. The Kier molecular flexibility index (Phi) is 3.91. The van der Waals surface area contributed by atoms with Crippen LogP contribution in [-0.4, -0.2) is 17.7 Å². The van der Waals surface area contributed by atoms with Crippen molar-refractivity contribution in [3.8, 4) is 0 Å². The van der Waals surface area contributed by atoms with E-state index >= 15 is 0 Å². The second kappa shape index (κ2) is 5.27. The average Bonchev–Trinajstić information content (AvgIpc) is 2.79. The molecule has 0 aromatic heterocycles. The van der Waals surface area contributed by atoms with E-state index in [2.05, 4.69) is 11.8 Å². The molecule has 1 aromatic rings. The second-order valence-electron chi connectivity index (χ2n) is 5.23. The Morgan fingerprint density at radius 1 is 1.50 bits per heavy atom. The first kappa shape index (κ1) is 13.3. The van der Waals surface area contributed by atoms with Gasteiger partial charge in [0.15, 0.2) is 0 Å². The molecule has 1 fully saturated rings. The van der Waals surface area contributed by atoms with Crippen molar-refractivity contribution in [1.29, 1.82) is 0 Å². The fourth-order valence-corrected chi connectivity index (χ4v) is 2.84. The molecular formula is C15H22FNO. The third kappa shape index (κ3) is 2.37. The molecule has 100 valence electrons. The van der Waals surface area contributed by atoms with Crippen LogP contribution in [0.1, 0.15) is 50.3 Å². The Morgan fingerprint density at radius 2 is 2.22 bits per heavy atom. The summed E-state index contributed by atoms with van der Waals surface area (Å²) in [5.74, 6) is -0.234. The van der Waals surface area contributed by atoms with Crippen LogP contribution in [-0.2, 0) is 0 Å². The maximum Gasteiger partial charge on any atom is 0.126 e. The minimum atomic E-state index is -0.631. The summed E-state index contributed by atoms with van der Waals surface area (Å²) >= 11 is 0. The highest BCUT2D eigenvalue weighted by molar-refractivity contribution is 5.58. The molecule has 1 unspecified atom stereocenters. The van der Waals surface area contributed by atoms with Crippen molar-refractivity contribution in [2.75, 3.05) is 11.4 Å². The molecule has 0 aliphatic carbocycles.